The molecule has 1 amide bonds. The number of hydrogen-bond acceptors (Lipinski definition) is 6. The van der Waals surface area contributed by atoms with E-state index in [1.54, 1.807) is 40.9 Å². The molecular weight excluding hydrogens is 433 g/mol. The highest BCUT2D eigenvalue weighted by atomic mass is 32.1. The van der Waals surface area contributed by atoms with E-state index in [1.165, 1.54) is 30.6 Å². The molecule has 32 heavy (non-hydrogen) atoms. The Morgan fingerprint density at radius 3 is 2.91 bits per heavy atom. The van der Waals surface area contributed by atoms with E-state index in [1.807, 2.05) is 5.38 Å². The van der Waals surface area contributed by atoms with Crippen LogP contribution in [0.1, 0.15) is 29.0 Å². The smallest absolute Gasteiger partial charge is 0.279 e. The maximum atomic E-state index is 13.4. The van der Waals surface area contributed by atoms with Crippen molar-refractivity contribution < 1.29 is 18.7 Å². The Morgan fingerprint density at radius 1 is 1.22 bits per heavy atom. The number of carbonyl (C=O) groups excluding carboxylic acids is 1. The summed E-state index contributed by atoms with van der Waals surface area (Å²) < 4.78 is 26.5. The minimum Gasteiger partial charge on any atom is -0.493 e. The Labute approximate surface area is 186 Å². The lowest BCUT2D eigenvalue weighted by Crippen LogP contribution is -2.31. The number of rotatable bonds is 5. The van der Waals surface area contributed by atoms with Gasteiger partial charge in [-0.15, -0.1) is 11.3 Å². The quantitative estimate of drug-likeness (QED) is 0.497. The summed E-state index contributed by atoms with van der Waals surface area (Å²) in [6.45, 7) is 0.170. The van der Waals surface area contributed by atoms with Gasteiger partial charge in [0.05, 0.1) is 12.7 Å². The zero-order valence-corrected chi connectivity index (χ0v) is 17.8. The summed E-state index contributed by atoms with van der Waals surface area (Å²) in [5, 5.41) is 4.63. The van der Waals surface area contributed by atoms with Crippen LogP contribution in [0.3, 0.4) is 0 Å². The molecule has 0 radical (unpaired) electrons. The summed E-state index contributed by atoms with van der Waals surface area (Å²) in [5.74, 6) is 0.399. The molecule has 0 fully saturated rings. The van der Waals surface area contributed by atoms with Gasteiger partial charge in [-0.2, -0.15) is 4.98 Å². The summed E-state index contributed by atoms with van der Waals surface area (Å²) in [5.41, 5.74) is 1.51. The number of nitrogens with zero attached hydrogens (tertiary/aromatic N) is 2. The largest absolute Gasteiger partial charge is 0.493 e. The fourth-order valence-corrected chi connectivity index (χ4v) is 4.61. The van der Waals surface area contributed by atoms with Gasteiger partial charge in [-0.3, -0.25) is 14.0 Å². The number of hydrogen-bond donors (Lipinski definition) is 1. The van der Waals surface area contributed by atoms with E-state index in [0.717, 1.165) is 5.56 Å². The molecule has 0 unspecified atom stereocenters. The van der Waals surface area contributed by atoms with Gasteiger partial charge in [0.1, 0.15) is 18.2 Å². The molecule has 7 nitrogen and oxygen atoms in total. The van der Waals surface area contributed by atoms with Crippen LogP contribution in [-0.2, 0) is 11.4 Å². The van der Waals surface area contributed by atoms with Crippen LogP contribution >= 0.6 is 11.3 Å². The highest BCUT2D eigenvalue weighted by Gasteiger charge is 2.32. The highest BCUT2D eigenvalue weighted by Crippen LogP contribution is 2.39. The van der Waals surface area contributed by atoms with Crippen LogP contribution in [0.4, 0.5) is 10.2 Å². The number of nitrogens with one attached hydrogen (secondary N) is 1. The third-order valence-corrected chi connectivity index (χ3v) is 6.14. The number of ether oxygens (including phenoxy) is 2. The van der Waals surface area contributed by atoms with Crippen molar-refractivity contribution in [1.29, 1.82) is 0 Å². The predicted octanol–water partition coefficient (Wildman–Crippen LogP) is 3.96. The van der Waals surface area contributed by atoms with E-state index in [0.29, 0.717) is 33.4 Å². The lowest BCUT2D eigenvalue weighted by Gasteiger charge is -2.26. The van der Waals surface area contributed by atoms with E-state index in [9.17, 15) is 14.0 Å². The van der Waals surface area contributed by atoms with Gasteiger partial charge in [0.25, 0.3) is 5.56 Å². The SMILES string of the molecule is COc1cc([C@H]2CC(=O)Nc3c2c(=O)nc2sccn32)ccc1OCc1cccc(F)c1. The van der Waals surface area contributed by atoms with Crippen LogP contribution < -0.4 is 20.3 Å². The zero-order chi connectivity index (χ0) is 22.2. The van der Waals surface area contributed by atoms with Gasteiger partial charge in [0.2, 0.25) is 5.91 Å². The van der Waals surface area contributed by atoms with E-state index in [-0.39, 0.29) is 30.3 Å². The van der Waals surface area contributed by atoms with Crippen molar-refractivity contribution in [2.75, 3.05) is 12.4 Å². The number of aromatic nitrogens is 2. The second kappa shape index (κ2) is 8.08. The van der Waals surface area contributed by atoms with E-state index in [2.05, 4.69) is 10.3 Å². The number of amides is 1. The molecule has 4 aromatic rings. The fraction of sp³-hybridized carbons (Fsp3) is 0.174. The number of thiazole rings is 1. The fourth-order valence-electron chi connectivity index (χ4n) is 3.91. The topological polar surface area (TPSA) is 81.9 Å². The molecule has 9 heteroatoms. The first-order valence-corrected chi connectivity index (χ1v) is 10.8. The van der Waals surface area contributed by atoms with Crippen LogP contribution in [0.2, 0.25) is 0 Å². The lowest BCUT2D eigenvalue weighted by atomic mass is 9.86. The van der Waals surface area contributed by atoms with E-state index >= 15 is 0 Å². The maximum absolute atomic E-state index is 13.4. The molecule has 0 saturated carbocycles. The summed E-state index contributed by atoms with van der Waals surface area (Å²) in [7, 11) is 1.51. The van der Waals surface area contributed by atoms with Crippen LogP contribution in [0.25, 0.3) is 4.96 Å². The number of anilines is 1. The molecular formula is C23H18FN3O4S. The molecule has 2 aromatic heterocycles. The predicted molar refractivity (Wildman–Crippen MR) is 118 cm³/mol. The van der Waals surface area contributed by atoms with Gasteiger partial charge in [-0.1, -0.05) is 18.2 Å². The number of benzene rings is 2. The van der Waals surface area contributed by atoms with Gasteiger partial charge in [0.15, 0.2) is 16.5 Å². The normalized spacial score (nSPS) is 15.3. The Bertz CT molecular complexity index is 1400. The van der Waals surface area contributed by atoms with E-state index < -0.39 is 5.92 Å². The average molecular weight is 451 g/mol. The van der Waals surface area contributed by atoms with Crippen molar-refractivity contribution in [2.45, 2.75) is 18.9 Å². The first kappa shape index (κ1) is 20.2. The van der Waals surface area contributed by atoms with Crippen molar-refractivity contribution in [3.05, 3.63) is 86.9 Å². The van der Waals surface area contributed by atoms with Gasteiger partial charge in [0, 0.05) is 23.9 Å². The number of halogens is 1. The molecule has 0 spiro atoms. The third-order valence-electron chi connectivity index (χ3n) is 5.38. The molecule has 1 aliphatic heterocycles. The maximum Gasteiger partial charge on any atom is 0.279 e. The minimum absolute atomic E-state index is 0.118. The second-order valence-corrected chi connectivity index (χ2v) is 8.24. The Morgan fingerprint density at radius 2 is 2.09 bits per heavy atom. The van der Waals surface area contributed by atoms with Gasteiger partial charge >= 0.3 is 0 Å². The Balaban J connectivity index is 1.50. The zero-order valence-electron chi connectivity index (χ0n) is 17.0. The molecule has 0 saturated heterocycles. The second-order valence-electron chi connectivity index (χ2n) is 7.37. The standard InChI is InChI=1S/C23H18FN3O4S/c1-30-18-10-14(5-6-17(18)31-12-13-3-2-4-15(24)9-13)16-11-19(28)25-21-20(16)22(29)26-23-27(21)7-8-32-23/h2-10,16H,11-12H2,1H3,(H,25,28)/t16-/m1/s1. The Hall–Kier alpha value is -3.72. The first-order chi connectivity index (χ1) is 15.5. The van der Waals surface area contributed by atoms with Crippen molar-refractivity contribution in [3.63, 3.8) is 0 Å². The molecule has 1 aliphatic rings. The van der Waals surface area contributed by atoms with Crippen molar-refractivity contribution >= 4 is 28.0 Å². The minimum atomic E-state index is -0.471. The molecule has 2 aromatic carbocycles. The summed E-state index contributed by atoms with van der Waals surface area (Å²) >= 11 is 1.33. The van der Waals surface area contributed by atoms with Crippen molar-refractivity contribution in [2.24, 2.45) is 0 Å². The molecule has 5 rings (SSSR count). The van der Waals surface area contributed by atoms with Crippen molar-refractivity contribution in [1.82, 2.24) is 9.38 Å². The van der Waals surface area contributed by atoms with Crippen LogP contribution in [0.5, 0.6) is 11.5 Å². The van der Waals surface area contributed by atoms with Gasteiger partial charge < -0.3 is 14.8 Å². The van der Waals surface area contributed by atoms with E-state index in [4.69, 9.17) is 9.47 Å². The average Bonchev–Trinajstić information content (AvgIpc) is 3.25. The molecule has 1 atom stereocenters. The highest BCUT2D eigenvalue weighted by molar-refractivity contribution is 7.15. The summed E-state index contributed by atoms with van der Waals surface area (Å²) in [6, 6.07) is 11.5. The number of carbonyl (C=O) groups is 1. The third kappa shape index (κ3) is 3.60. The molecule has 162 valence electrons. The molecule has 0 bridgehead atoms. The summed E-state index contributed by atoms with van der Waals surface area (Å²) in [4.78, 5) is 30.0. The molecule has 3 heterocycles. The summed E-state index contributed by atoms with van der Waals surface area (Å²) in [6.07, 6.45) is 1.89. The van der Waals surface area contributed by atoms with Gasteiger partial charge in [-0.05, 0) is 35.4 Å². The van der Waals surface area contributed by atoms with Crippen molar-refractivity contribution in [3.8, 4) is 11.5 Å². The van der Waals surface area contributed by atoms with Crippen LogP contribution in [0.15, 0.2) is 58.8 Å². The molecule has 0 aliphatic carbocycles. The lowest BCUT2D eigenvalue weighted by molar-refractivity contribution is -0.116. The van der Waals surface area contributed by atoms with Crippen LogP contribution in [0, 0.1) is 5.82 Å². The van der Waals surface area contributed by atoms with Crippen LogP contribution in [-0.4, -0.2) is 22.4 Å². The Kier molecular flexibility index (Phi) is 5.10. The monoisotopic (exact) mass is 451 g/mol. The molecule has 1 N–H and O–H groups in total. The van der Waals surface area contributed by atoms with Gasteiger partial charge in [-0.25, -0.2) is 4.39 Å². The first-order valence-electron chi connectivity index (χ1n) is 9.88. The number of methoxy groups -OCH3 is 1. The number of fused-ring (bicyclic) bond motifs is 3.